The standard InChI is InChI=1S/C16H15BrO2/c1-10-8-12(9-11(2)15(10)17)16(18)13-6-4-5-7-14(13)19-3/h4-9H,1-3H3. The second-order valence-electron chi connectivity index (χ2n) is 4.45. The highest BCUT2D eigenvalue weighted by molar-refractivity contribution is 9.10. The SMILES string of the molecule is COc1ccccc1C(=O)c1cc(C)c(Br)c(C)c1. The van der Waals surface area contributed by atoms with Crippen LogP contribution in [0.3, 0.4) is 0 Å². The van der Waals surface area contributed by atoms with Crippen LogP contribution in [-0.4, -0.2) is 12.9 Å². The van der Waals surface area contributed by atoms with Gasteiger partial charge >= 0.3 is 0 Å². The van der Waals surface area contributed by atoms with E-state index < -0.39 is 0 Å². The second-order valence-corrected chi connectivity index (χ2v) is 5.25. The van der Waals surface area contributed by atoms with Gasteiger partial charge in [0.1, 0.15) is 5.75 Å². The van der Waals surface area contributed by atoms with Gasteiger partial charge in [0.05, 0.1) is 12.7 Å². The van der Waals surface area contributed by atoms with Gasteiger partial charge in [-0.3, -0.25) is 4.79 Å². The van der Waals surface area contributed by atoms with Crippen molar-refractivity contribution in [1.82, 2.24) is 0 Å². The van der Waals surface area contributed by atoms with Gasteiger partial charge in [0, 0.05) is 10.0 Å². The molecular weight excluding hydrogens is 304 g/mol. The number of halogens is 1. The molecule has 0 aliphatic carbocycles. The summed E-state index contributed by atoms with van der Waals surface area (Å²) in [5.41, 5.74) is 3.38. The van der Waals surface area contributed by atoms with Crippen LogP contribution < -0.4 is 4.74 Å². The molecule has 19 heavy (non-hydrogen) atoms. The molecule has 0 amide bonds. The number of benzene rings is 2. The number of methoxy groups -OCH3 is 1. The Morgan fingerprint density at radius 3 is 2.26 bits per heavy atom. The van der Waals surface area contributed by atoms with E-state index in [4.69, 9.17) is 4.74 Å². The number of ether oxygens (including phenoxy) is 1. The average Bonchev–Trinajstić information content (AvgIpc) is 2.43. The maximum atomic E-state index is 12.5. The second kappa shape index (κ2) is 5.57. The quantitative estimate of drug-likeness (QED) is 0.788. The Balaban J connectivity index is 2.50. The first-order valence-corrected chi connectivity index (χ1v) is 6.78. The van der Waals surface area contributed by atoms with E-state index >= 15 is 0 Å². The van der Waals surface area contributed by atoms with Gasteiger partial charge in [-0.25, -0.2) is 0 Å². The van der Waals surface area contributed by atoms with Crippen molar-refractivity contribution >= 4 is 21.7 Å². The Bertz CT molecular complexity index is 609. The minimum atomic E-state index is -0.0175. The number of rotatable bonds is 3. The summed E-state index contributed by atoms with van der Waals surface area (Å²) in [7, 11) is 1.57. The Morgan fingerprint density at radius 1 is 1.11 bits per heavy atom. The van der Waals surface area contributed by atoms with E-state index in [0.29, 0.717) is 16.9 Å². The smallest absolute Gasteiger partial charge is 0.196 e. The molecule has 0 aromatic heterocycles. The number of ketones is 1. The minimum absolute atomic E-state index is 0.0175. The number of para-hydroxylation sites is 1. The lowest BCUT2D eigenvalue weighted by Crippen LogP contribution is -2.05. The van der Waals surface area contributed by atoms with Crippen LogP contribution in [0.15, 0.2) is 40.9 Å². The minimum Gasteiger partial charge on any atom is -0.496 e. The summed E-state index contributed by atoms with van der Waals surface area (Å²) in [6.07, 6.45) is 0. The number of hydrogen-bond acceptors (Lipinski definition) is 2. The molecule has 0 saturated carbocycles. The van der Waals surface area contributed by atoms with Gasteiger partial charge in [-0.05, 0) is 49.2 Å². The van der Waals surface area contributed by atoms with E-state index in [0.717, 1.165) is 15.6 Å². The number of carbonyl (C=O) groups excluding carboxylic acids is 1. The maximum Gasteiger partial charge on any atom is 0.196 e. The summed E-state index contributed by atoms with van der Waals surface area (Å²) < 4.78 is 6.29. The molecule has 0 radical (unpaired) electrons. The van der Waals surface area contributed by atoms with E-state index in [1.165, 1.54) is 0 Å². The van der Waals surface area contributed by atoms with Crippen LogP contribution in [0, 0.1) is 13.8 Å². The molecule has 0 N–H and O–H groups in total. The van der Waals surface area contributed by atoms with Crippen molar-refractivity contribution in [2.45, 2.75) is 13.8 Å². The first kappa shape index (κ1) is 13.8. The lowest BCUT2D eigenvalue weighted by Gasteiger charge is -2.10. The van der Waals surface area contributed by atoms with E-state index in [9.17, 15) is 4.79 Å². The third-order valence-corrected chi connectivity index (χ3v) is 4.30. The summed E-state index contributed by atoms with van der Waals surface area (Å²) in [5, 5.41) is 0. The largest absolute Gasteiger partial charge is 0.496 e. The van der Waals surface area contributed by atoms with Crippen molar-refractivity contribution in [1.29, 1.82) is 0 Å². The monoisotopic (exact) mass is 318 g/mol. The topological polar surface area (TPSA) is 26.3 Å². The molecule has 2 rings (SSSR count). The zero-order chi connectivity index (χ0) is 14.0. The van der Waals surface area contributed by atoms with Gasteiger partial charge in [-0.15, -0.1) is 0 Å². The Labute approximate surface area is 121 Å². The fourth-order valence-corrected chi connectivity index (χ4v) is 2.29. The third kappa shape index (κ3) is 2.71. The zero-order valence-electron chi connectivity index (χ0n) is 11.2. The molecule has 2 aromatic rings. The van der Waals surface area contributed by atoms with Gasteiger partial charge in [0.15, 0.2) is 5.78 Å². The molecule has 0 bridgehead atoms. The summed E-state index contributed by atoms with van der Waals surface area (Å²) in [6.45, 7) is 3.96. The predicted octanol–water partition coefficient (Wildman–Crippen LogP) is 4.31. The fourth-order valence-electron chi connectivity index (χ4n) is 2.06. The third-order valence-electron chi connectivity index (χ3n) is 3.05. The van der Waals surface area contributed by atoms with E-state index in [2.05, 4.69) is 15.9 Å². The first-order valence-electron chi connectivity index (χ1n) is 5.99. The molecule has 0 heterocycles. The highest BCUT2D eigenvalue weighted by atomic mass is 79.9. The molecule has 0 atom stereocenters. The van der Waals surface area contributed by atoms with Gasteiger partial charge in [-0.1, -0.05) is 28.1 Å². The normalized spacial score (nSPS) is 10.3. The number of hydrogen-bond donors (Lipinski definition) is 0. The van der Waals surface area contributed by atoms with Crippen LogP contribution in [0.4, 0.5) is 0 Å². The molecule has 0 unspecified atom stereocenters. The van der Waals surface area contributed by atoms with E-state index in [1.807, 2.05) is 38.1 Å². The number of aryl methyl sites for hydroxylation is 2. The van der Waals surface area contributed by atoms with Gasteiger partial charge in [0.25, 0.3) is 0 Å². The molecule has 2 aromatic carbocycles. The van der Waals surface area contributed by atoms with Crippen LogP contribution >= 0.6 is 15.9 Å². The predicted molar refractivity (Wildman–Crippen MR) is 80.0 cm³/mol. The zero-order valence-corrected chi connectivity index (χ0v) is 12.7. The molecule has 0 fully saturated rings. The van der Waals surface area contributed by atoms with Gasteiger partial charge < -0.3 is 4.74 Å². The van der Waals surface area contributed by atoms with Crippen LogP contribution in [0.25, 0.3) is 0 Å². The Morgan fingerprint density at radius 2 is 1.68 bits per heavy atom. The van der Waals surface area contributed by atoms with Crippen molar-refractivity contribution in [3.8, 4) is 5.75 Å². The lowest BCUT2D eigenvalue weighted by atomic mass is 9.99. The fraction of sp³-hybridized carbons (Fsp3) is 0.188. The van der Waals surface area contributed by atoms with Crippen molar-refractivity contribution in [2.75, 3.05) is 7.11 Å². The van der Waals surface area contributed by atoms with Crippen molar-refractivity contribution in [3.63, 3.8) is 0 Å². The highest BCUT2D eigenvalue weighted by Crippen LogP contribution is 2.26. The van der Waals surface area contributed by atoms with Crippen molar-refractivity contribution in [3.05, 3.63) is 63.1 Å². The van der Waals surface area contributed by atoms with Gasteiger partial charge in [-0.2, -0.15) is 0 Å². The van der Waals surface area contributed by atoms with Crippen LogP contribution in [0.2, 0.25) is 0 Å². The highest BCUT2D eigenvalue weighted by Gasteiger charge is 2.15. The summed E-state index contributed by atoms with van der Waals surface area (Å²) in [4.78, 5) is 12.5. The molecule has 0 saturated heterocycles. The van der Waals surface area contributed by atoms with E-state index in [-0.39, 0.29) is 5.78 Å². The van der Waals surface area contributed by atoms with Crippen molar-refractivity contribution < 1.29 is 9.53 Å². The van der Waals surface area contributed by atoms with Gasteiger partial charge in [0.2, 0.25) is 0 Å². The van der Waals surface area contributed by atoms with Crippen LogP contribution in [0.5, 0.6) is 5.75 Å². The molecule has 0 spiro atoms. The lowest BCUT2D eigenvalue weighted by molar-refractivity contribution is 0.103. The van der Waals surface area contributed by atoms with Crippen LogP contribution in [-0.2, 0) is 0 Å². The molecule has 98 valence electrons. The molecule has 0 aliphatic heterocycles. The molecular formula is C16H15BrO2. The number of carbonyl (C=O) groups is 1. The Kier molecular flexibility index (Phi) is 4.05. The first-order chi connectivity index (χ1) is 9.04. The molecule has 2 nitrogen and oxygen atoms in total. The maximum absolute atomic E-state index is 12.5. The summed E-state index contributed by atoms with van der Waals surface area (Å²) in [6, 6.07) is 11.1. The summed E-state index contributed by atoms with van der Waals surface area (Å²) >= 11 is 3.51. The Hall–Kier alpha value is -1.61. The average molecular weight is 319 g/mol. The van der Waals surface area contributed by atoms with E-state index in [1.54, 1.807) is 19.2 Å². The van der Waals surface area contributed by atoms with Crippen LogP contribution in [0.1, 0.15) is 27.0 Å². The molecule has 3 heteroatoms. The summed E-state index contributed by atoms with van der Waals surface area (Å²) in [5.74, 6) is 0.585. The van der Waals surface area contributed by atoms with Crippen molar-refractivity contribution in [2.24, 2.45) is 0 Å². The molecule has 0 aliphatic rings.